The molecule has 1 aliphatic carbocycles. The van der Waals surface area contributed by atoms with Gasteiger partial charge in [0.2, 0.25) is 0 Å². The normalized spacial score (nSPS) is 18.6. The lowest BCUT2D eigenvalue weighted by Crippen LogP contribution is -2.35. The Bertz CT molecular complexity index is 625. The molecular formula is C18H28N4O. The van der Waals surface area contributed by atoms with Crippen LogP contribution in [-0.2, 0) is 6.42 Å². The molecule has 1 aromatic rings. The fourth-order valence-corrected chi connectivity index (χ4v) is 3.69. The molecule has 0 bridgehead atoms. The molecule has 1 saturated carbocycles. The average Bonchev–Trinajstić information content (AvgIpc) is 3.22. The fourth-order valence-electron chi connectivity index (χ4n) is 3.69. The molecule has 3 rings (SSSR count). The number of hydrogen-bond acceptors (Lipinski definition) is 2. The lowest BCUT2D eigenvalue weighted by atomic mass is 9.92. The van der Waals surface area contributed by atoms with Gasteiger partial charge in [0.25, 0.3) is 0 Å². The van der Waals surface area contributed by atoms with Gasteiger partial charge in [-0.2, -0.15) is 0 Å². The number of rotatable bonds is 5. The molecule has 2 amide bonds. The zero-order valence-electron chi connectivity index (χ0n) is 14.6. The van der Waals surface area contributed by atoms with E-state index in [0.29, 0.717) is 11.8 Å². The van der Waals surface area contributed by atoms with Crippen LogP contribution < -0.4 is 10.6 Å². The Morgan fingerprint density at radius 1 is 1.35 bits per heavy atom. The van der Waals surface area contributed by atoms with Gasteiger partial charge in [-0.1, -0.05) is 19.9 Å². The Hall–Kier alpha value is -1.78. The molecule has 1 fully saturated rings. The number of amides is 2. The van der Waals surface area contributed by atoms with Gasteiger partial charge in [-0.05, 0) is 44.9 Å². The minimum atomic E-state index is -0.442. The zero-order chi connectivity index (χ0) is 16.7. The van der Waals surface area contributed by atoms with E-state index < -0.39 is 6.03 Å². The van der Waals surface area contributed by atoms with Crippen LogP contribution in [0.25, 0.3) is 0 Å². The van der Waals surface area contributed by atoms with Crippen LogP contribution >= 0.6 is 0 Å². The highest BCUT2D eigenvalue weighted by molar-refractivity contribution is 5.93. The van der Waals surface area contributed by atoms with Crippen LogP contribution in [-0.4, -0.2) is 15.6 Å². The lowest BCUT2D eigenvalue weighted by Gasteiger charge is -2.26. The number of nitrogens with two attached hydrogens (primary N) is 1. The molecule has 1 aromatic heterocycles. The molecule has 0 radical (unpaired) electrons. The summed E-state index contributed by atoms with van der Waals surface area (Å²) in [5.74, 6) is 3.89. The molecule has 0 saturated heterocycles. The summed E-state index contributed by atoms with van der Waals surface area (Å²) in [7, 11) is 0. The number of carbonyl (C=O) groups excluding carboxylic acids is 1. The maximum atomic E-state index is 11.9. The van der Waals surface area contributed by atoms with E-state index in [1.165, 1.54) is 12.8 Å². The van der Waals surface area contributed by atoms with Crippen molar-refractivity contribution in [2.24, 2.45) is 17.6 Å². The number of primary amides is 1. The number of hydrogen-bond donors (Lipinski definition) is 1. The molecule has 0 spiro atoms. The van der Waals surface area contributed by atoms with E-state index in [9.17, 15) is 4.79 Å². The molecule has 5 nitrogen and oxygen atoms in total. The van der Waals surface area contributed by atoms with E-state index in [0.717, 1.165) is 36.1 Å². The highest BCUT2D eigenvalue weighted by Gasteiger charge is 2.38. The minimum absolute atomic E-state index is 0.253. The van der Waals surface area contributed by atoms with Crippen molar-refractivity contribution in [3.05, 3.63) is 23.8 Å². The van der Waals surface area contributed by atoms with Gasteiger partial charge < -0.3 is 10.3 Å². The maximum Gasteiger partial charge on any atom is 0.324 e. The standard InChI is InChI=1S/C18H28N4O/c1-11(2)10-14(13-7-8-13)16-20-15-6-5-9-21(18(19)23)17(15)22(16)12(3)4/h5,9,11-14H,6-8,10H2,1-4H3,(H2,19,23). The molecule has 1 unspecified atom stereocenters. The van der Waals surface area contributed by atoms with E-state index >= 15 is 0 Å². The Morgan fingerprint density at radius 3 is 2.57 bits per heavy atom. The van der Waals surface area contributed by atoms with Crippen LogP contribution in [0.1, 0.15) is 70.4 Å². The van der Waals surface area contributed by atoms with E-state index in [2.05, 4.69) is 32.3 Å². The number of carbonyl (C=O) groups is 1. The van der Waals surface area contributed by atoms with Crippen molar-refractivity contribution in [1.29, 1.82) is 0 Å². The quantitative estimate of drug-likeness (QED) is 0.893. The third kappa shape index (κ3) is 3.01. The first-order valence-corrected chi connectivity index (χ1v) is 8.76. The molecular weight excluding hydrogens is 288 g/mol. The highest BCUT2D eigenvalue weighted by Crippen LogP contribution is 2.47. The van der Waals surface area contributed by atoms with Crippen molar-refractivity contribution in [1.82, 2.24) is 9.55 Å². The van der Waals surface area contributed by atoms with Gasteiger partial charge in [0.15, 0.2) is 0 Å². The summed E-state index contributed by atoms with van der Waals surface area (Å²) >= 11 is 0. The number of anilines is 1. The molecule has 2 heterocycles. The molecule has 0 aromatic carbocycles. The predicted octanol–water partition coefficient (Wildman–Crippen LogP) is 3.96. The van der Waals surface area contributed by atoms with Crippen LogP contribution in [0.2, 0.25) is 0 Å². The van der Waals surface area contributed by atoms with E-state index in [4.69, 9.17) is 10.7 Å². The van der Waals surface area contributed by atoms with Gasteiger partial charge in [0, 0.05) is 24.6 Å². The van der Waals surface area contributed by atoms with Gasteiger partial charge in [0.1, 0.15) is 11.6 Å². The fraction of sp³-hybridized carbons (Fsp3) is 0.667. The monoisotopic (exact) mass is 316 g/mol. The topological polar surface area (TPSA) is 64.2 Å². The number of allylic oxidation sites excluding steroid dienone is 1. The second-order valence-electron chi connectivity index (χ2n) is 7.57. The molecule has 126 valence electrons. The van der Waals surface area contributed by atoms with Gasteiger partial charge in [-0.3, -0.25) is 4.90 Å². The number of fused-ring (bicyclic) bond motifs is 1. The summed E-state index contributed by atoms with van der Waals surface area (Å²) in [5.41, 5.74) is 6.56. The SMILES string of the molecule is CC(C)CC(c1nc2c(n1C(C)C)N(C(N)=O)C=CC2)C1CC1. The van der Waals surface area contributed by atoms with Crippen LogP contribution in [0.5, 0.6) is 0 Å². The number of nitrogens with zero attached hydrogens (tertiary/aromatic N) is 3. The first kappa shape index (κ1) is 16.1. The Labute approximate surface area is 138 Å². The Kier molecular flexibility index (Phi) is 4.21. The molecule has 5 heteroatoms. The number of aromatic nitrogens is 2. The number of urea groups is 1. The van der Waals surface area contributed by atoms with Gasteiger partial charge in [-0.15, -0.1) is 0 Å². The van der Waals surface area contributed by atoms with Gasteiger partial charge in [-0.25, -0.2) is 9.78 Å². The summed E-state index contributed by atoms with van der Waals surface area (Å²) < 4.78 is 2.24. The molecule has 2 N–H and O–H groups in total. The first-order valence-electron chi connectivity index (χ1n) is 8.76. The van der Waals surface area contributed by atoms with Gasteiger partial charge >= 0.3 is 6.03 Å². The maximum absolute atomic E-state index is 11.9. The van der Waals surface area contributed by atoms with E-state index in [1.807, 2.05) is 6.08 Å². The van der Waals surface area contributed by atoms with E-state index in [1.54, 1.807) is 11.1 Å². The summed E-state index contributed by atoms with van der Waals surface area (Å²) in [5, 5.41) is 0. The van der Waals surface area contributed by atoms with Crippen molar-refractivity contribution in [2.75, 3.05) is 4.90 Å². The minimum Gasteiger partial charge on any atom is -0.351 e. The van der Waals surface area contributed by atoms with Crippen molar-refractivity contribution >= 4 is 11.8 Å². The van der Waals surface area contributed by atoms with Crippen molar-refractivity contribution < 1.29 is 4.79 Å². The van der Waals surface area contributed by atoms with Crippen molar-refractivity contribution in [3.63, 3.8) is 0 Å². The molecule has 1 atom stereocenters. The average molecular weight is 316 g/mol. The first-order chi connectivity index (χ1) is 10.9. The van der Waals surface area contributed by atoms with Crippen molar-refractivity contribution in [3.8, 4) is 0 Å². The highest BCUT2D eigenvalue weighted by atomic mass is 16.2. The second-order valence-corrected chi connectivity index (χ2v) is 7.57. The summed E-state index contributed by atoms with van der Waals surface area (Å²) in [6, 6.07) is -0.189. The zero-order valence-corrected chi connectivity index (χ0v) is 14.6. The summed E-state index contributed by atoms with van der Waals surface area (Å²) in [4.78, 5) is 18.4. The van der Waals surface area contributed by atoms with Crippen LogP contribution in [0, 0.1) is 11.8 Å². The van der Waals surface area contributed by atoms with Crippen LogP contribution in [0.3, 0.4) is 0 Å². The third-order valence-electron chi connectivity index (χ3n) is 4.78. The van der Waals surface area contributed by atoms with Crippen molar-refractivity contribution in [2.45, 2.75) is 65.3 Å². The summed E-state index contributed by atoms with van der Waals surface area (Å²) in [6.07, 6.45) is 8.25. The Morgan fingerprint density at radius 2 is 2.04 bits per heavy atom. The smallest absolute Gasteiger partial charge is 0.324 e. The van der Waals surface area contributed by atoms with Crippen LogP contribution in [0.15, 0.2) is 12.3 Å². The third-order valence-corrected chi connectivity index (χ3v) is 4.78. The molecule has 23 heavy (non-hydrogen) atoms. The second kappa shape index (κ2) is 6.02. The van der Waals surface area contributed by atoms with E-state index in [-0.39, 0.29) is 6.04 Å². The van der Waals surface area contributed by atoms with Gasteiger partial charge in [0.05, 0.1) is 5.69 Å². The number of imidazole rings is 1. The predicted molar refractivity (Wildman–Crippen MR) is 92.4 cm³/mol. The summed E-state index contributed by atoms with van der Waals surface area (Å²) in [6.45, 7) is 8.86. The Balaban J connectivity index is 2.09. The largest absolute Gasteiger partial charge is 0.351 e. The molecule has 2 aliphatic rings. The van der Waals surface area contributed by atoms with Crippen LogP contribution in [0.4, 0.5) is 10.6 Å². The molecule has 1 aliphatic heterocycles. The lowest BCUT2D eigenvalue weighted by molar-refractivity contribution is 0.255.